The summed E-state index contributed by atoms with van der Waals surface area (Å²) in [7, 11) is -3.71. The number of hydrogen-bond donors (Lipinski definition) is 0. The van der Waals surface area contributed by atoms with Crippen LogP contribution in [0.3, 0.4) is 0 Å². The highest BCUT2D eigenvalue weighted by Crippen LogP contribution is 2.35. The van der Waals surface area contributed by atoms with Crippen molar-refractivity contribution < 1.29 is 12.8 Å². The zero-order valence-corrected chi connectivity index (χ0v) is 15.9. The molecule has 0 aliphatic heterocycles. The van der Waals surface area contributed by atoms with Crippen LogP contribution in [0.4, 0.5) is 0 Å². The molecule has 28 heavy (non-hydrogen) atoms. The van der Waals surface area contributed by atoms with Crippen LogP contribution >= 0.6 is 0 Å². The largest absolute Gasteiger partial charge is 0.455 e. The molecule has 1 heterocycles. The molecule has 0 saturated heterocycles. The first-order valence-electron chi connectivity index (χ1n) is 8.82. The van der Waals surface area contributed by atoms with Gasteiger partial charge in [-0.05, 0) is 29.3 Å². The molecule has 0 aliphatic rings. The lowest BCUT2D eigenvalue weighted by atomic mass is 10.0. The molecule has 0 fully saturated rings. The predicted octanol–water partition coefficient (Wildman–Crippen LogP) is 6.09. The SMILES string of the molecule is C=Cc1cc(S(=O)(=O)c2ccccc2)c(-c2ccc(-c3ccccc3)cc2)o1. The molecule has 138 valence electrons. The van der Waals surface area contributed by atoms with Crippen LogP contribution in [0.1, 0.15) is 5.76 Å². The fourth-order valence-electron chi connectivity index (χ4n) is 3.07. The van der Waals surface area contributed by atoms with Gasteiger partial charge in [-0.15, -0.1) is 0 Å². The van der Waals surface area contributed by atoms with Gasteiger partial charge >= 0.3 is 0 Å². The average Bonchev–Trinajstić information content (AvgIpc) is 3.21. The minimum Gasteiger partial charge on any atom is -0.455 e. The Labute approximate surface area is 164 Å². The van der Waals surface area contributed by atoms with Gasteiger partial charge in [0.05, 0.1) is 4.90 Å². The van der Waals surface area contributed by atoms with Gasteiger partial charge in [0.2, 0.25) is 9.84 Å². The maximum absolute atomic E-state index is 13.2. The van der Waals surface area contributed by atoms with E-state index in [-0.39, 0.29) is 9.79 Å². The van der Waals surface area contributed by atoms with E-state index in [0.29, 0.717) is 17.1 Å². The molecule has 0 aliphatic carbocycles. The van der Waals surface area contributed by atoms with Crippen molar-refractivity contribution in [1.82, 2.24) is 0 Å². The second kappa shape index (κ2) is 7.33. The molecule has 0 bridgehead atoms. The summed E-state index contributed by atoms with van der Waals surface area (Å²) in [5, 5.41) is 0. The summed E-state index contributed by atoms with van der Waals surface area (Å²) in [5.41, 5.74) is 2.84. The molecule has 0 amide bonds. The van der Waals surface area contributed by atoms with E-state index in [1.807, 2.05) is 54.6 Å². The number of benzene rings is 3. The van der Waals surface area contributed by atoms with Gasteiger partial charge in [0.25, 0.3) is 0 Å². The van der Waals surface area contributed by atoms with Crippen molar-refractivity contribution in [2.45, 2.75) is 9.79 Å². The van der Waals surface area contributed by atoms with Crippen LogP contribution in [0.25, 0.3) is 28.5 Å². The first-order chi connectivity index (χ1) is 13.6. The highest BCUT2D eigenvalue weighted by molar-refractivity contribution is 7.91. The van der Waals surface area contributed by atoms with E-state index in [1.165, 1.54) is 12.1 Å². The first kappa shape index (κ1) is 18.0. The molecular formula is C24H18O3S. The van der Waals surface area contributed by atoms with E-state index < -0.39 is 9.84 Å². The quantitative estimate of drug-likeness (QED) is 0.417. The lowest BCUT2D eigenvalue weighted by Gasteiger charge is -2.06. The molecule has 0 unspecified atom stereocenters. The third-order valence-corrected chi connectivity index (χ3v) is 6.29. The summed E-state index contributed by atoms with van der Waals surface area (Å²) in [4.78, 5) is 0.370. The lowest BCUT2D eigenvalue weighted by Crippen LogP contribution is -2.01. The molecule has 0 N–H and O–H groups in total. The third-order valence-electron chi connectivity index (χ3n) is 4.52. The van der Waals surface area contributed by atoms with Crippen LogP contribution in [0.5, 0.6) is 0 Å². The summed E-state index contributed by atoms with van der Waals surface area (Å²) < 4.78 is 32.1. The van der Waals surface area contributed by atoms with Gasteiger partial charge in [0.15, 0.2) is 5.76 Å². The van der Waals surface area contributed by atoms with Gasteiger partial charge in [-0.1, -0.05) is 79.4 Å². The van der Waals surface area contributed by atoms with E-state index >= 15 is 0 Å². The van der Waals surface area contributed by atoms with E-state index in [9.17, 15) is 8.42 Å². The van der Waals surface area contributed by atoms with Crippen LogP contribution in [-0.2, 0) is 9.84 Å². The minimum absolute atomic E-state index is 0.140. The van der Waals surface area contributed by atoms with Crippen LogP contribution in [0.15, 0.2) is 112 Å². The first-order valence-corrected chi connectivity index (χ1v) is 10.3. The maximum Gasteiger partial charge on any atom is 0.210 e. The Bertz CT molecular complexity index is 1200. The van der Waals surface area contributed by atoms with Crippen molar-refractivity contribution in [3.05, 3.63) is 103 Å². The van der Waals surface area contributed by atoms with Crippen molar-refractivity contribution in [2.75, 3.05) is 0 Å². The topological polar surface area (TPSA) is 47.3 Å². The molecular weight excluding hydrogens is 368 g/mol. The van der Waals surface area contributed by atoms with Crippen LogP contribution < -0.4 is 0 Å². The minimum atomic E-state index is -3.71. The smallest absolute Gasteiger partial charge is 0.210 e. The monoisotopic (exact) mass is 386 g/mol. The fourth-order valence-corrected chi connectivity index (χ4v) is 4.51. The molecule has 0 spiro atoms. The van der Waals surface area contributed by atoms with Crippen molar-refractivity contribution >= 4 is 15.9 Å². The van der Waals surface area contributed by atoms with Crippen LogP contribution in [0, 0.1) is 0 Å². The van der Waals surface area contributed by atoms with Crippen LogP contribution in [-0.4, -0.2) is 8.42 Å². The van der Waals surface area contributed by atoms with Crippen LogP contribution in [0.2, 0.25) is 0 Å². The molecule has 1 aromatic heterocycles. The standard InChI is InChI=1S/C24H18O3S/c1-2-21-17-23(28(25,26)22-11-7-4-8-12-22)24(27-21)20-15-13-19(14-16-20)18-9-5-3-6-10-18/h2-17H,1H2. The fraction of sp³-hybridized carbons (Fsp3) is 0. The Kier molecular flexibility index (Phi) is 4.72. The van der Waals surface area contributed by atoms with Gasteiger partial charge < -0.3 is 4.42 Å². The van der Waals surface area contributed by atoms with E-state index in [1.54, 1.807) is 30.3 Å². The number of sulfone groups is 1. The van der Waals surface area contributed by atoms with Gasteiger partial charge in [0, 0.05) is 11.6 Å². The van der Waals surface area contributed by atoms with Gasteiger partial charge in [-0.3, -0.25) is 0 Å². The second-order valence-corrected chi connectivity index (χ2v) is 8.22. The van der Waals surface area contributed by atoms with E-state index in [0.717, 1.165) is 11.1 Å². The van der Waals surface area contributed by atoms with E-state index in [4.69, 9.17) is 4.42 Å². The maximum atomic E-state index is 13.2. The number of furan rings is 1. The highest BCUT2D eigenvalue weighted by atomic mass is 32.2. The molecule has 4 rings (SSSR count). The molecule has 4 aromatic rings. The Balaban J connectivity index is 1.81. The summed E-state index contributed by atoms with van der Waals surface area (Å²) in [5.74, 6) is 0.731. The Morgan fingerprint density at radius 3 is 1.86 bits per heavy atom. The highest BCUT2D eigenvalue weighted by Gasteiger charge is 2.26. The summed E-state index contributed by atoms with van der Waals surface area (Å²) >= 11 is 0. The molecule has 4 heteroatoms. The zero-order valence-electron chi connectivity index (χ0n) is 15.1. The number of rotatable bonds is 5. The second-order valence-electron chi connectivity index (χ2n) is 6.31. The van der Waals surface area contributed by atoms with Gasteiger partial charge in [-0.25, -0.2) is 8.42 Å². The lowest BCUT2D eigenvalue weighted by molar-refractivity contribution is 0.563. The molecule has 3 nitrogen and oxygen atoms in total. The summed E-state index contributed by atoms with van der Waals surface area (Å²) in [6, 6.07) is 27.5. The van der Waals surface area contributed by atoms with Crippen molar-refractivity contribution in [3.8, 4) is 22.5 Å². The normalized spacial score (nSPS) is 11.3. The van der Waals surface area contributed by atoms with Crippen molar-refractivity contribution in [3.63, 3.8) is 0 Å². The average molecular weight is 386 g/mol. The van der Waals surface area contributed by atoms with Gasteiger partial charge in [0.1, 0.15) is 10.7 Å². The molecule has 0 atom stereocenters. The molecule has 0 radical (unpaired) electrons. The van der Waals surface area contributed by atoms with E-state index in [2.05, 4.69) is 6.58 Å². The molecule has 0 saturated carbocycles. The third kappa shape index (κ3) is 3.30. The predicted molar refractivity (Wildman–Crippen MR) is 112 cm³/mol. The Hall–Kier alpha value is -3.37. The summed E-state index contributed by atoms with van der Waals surface area (Å²) in [6.45, 7) is 3.70. The number of hydrogen-bond acceptors (Lipinski definition) is 3. The zero-order chi connectivity index (χ0) is 19.6. The Morgan fingerprint density at radius 2 is 1.25 bits per heavy atom. The Morgan fingerprint density at radius 1 is 0.714 bits per heavy atom. The van der Waals surface area contributed by atoms with Crippen molar-refractivity contribution in [2.24, 2.45) is 0 Å². The molecule has 3 aromatic carbocycles. The van der Waals surface area contributed by atoms with Gasteiger partial charge in [-0.2, -0.15) is 0 Å². The van der Waals surface area contributed by atoms with Crippen molar-refractivity contribution in [1.29, 1.82) is 0 Å². The summed E-state index contributed by atoms with van der Waals surface area (Å²) in [6.07, 6.45) is 1.51.